The van der Waals surface area contributed by atoms with Crippen molar-refractivity contribution in [1.29, 1.82) is 0 Å². The summed E-state index contributed by atoms with van der Waals surface area (Å²) in [6.07, 6.45) is 6.51. The summed E-state index contributed by atoms with van der Waals surface area (Å²) in [4.78, 5) is 37.5. The van der Waals surface area contributed by atoms with Gasteiger partial charge < -0.3 is 24.8 Å². The standard InChI is InChI=1S/C25H36N2O6/c1-2-3-14-31-24-21(16-22(28)33-24)26-23(29)20(15-18-10-6-4-7-11-18)27-25(30)32-17-19-12-8-5-9-13-19/h5,8-9,12-13,18,20-21,24H,2-4,6-7,10-11,14-17H2,1H3,(H,26,29)(H,27,30)/t20-,21-,24?/m0/s1. The molecule has 1 saturated carbocycles. The van der Waals surface area contributed by atoms with E-state index in [2.05, 4.69) is 10.6 Å². The predicted octanol–water partition coefficient (Wildman–Crippen LogP) is 3.83. The van der Waals surface area contributed by atoms with Crippen molar-refractivity contribution in [3.63, 3.8) is 0 Å². The Morgan fingerprint density at radius 1 is 1.15 bits per heavy atom. The molecule has 8 nitrogen and oxygen atoms in total. The van der Waals surface area contributed by atoms with Crippen LogP contribution in [0, 0.1) is 5.92 Å². The van der Waals surface area contributed by atoms with Gasteiger partial charge in [-0.1, -0.05) is 75.8 Å². The van der Waals surface area contributed by atoms with E-state index < -0.39 is 30.4 Å². The van der Waals surface area contributed by atoms with Crippen LogP contribution in [-0.2, 0) is 30.4 Å². The fourth-order valence-electron chi connectivity index (χ4n) is 4.33. The van der Waals surface area contributed by atoms with E-state index in [1.165, 1.54) is 6.42 Å². The lowest BCUT2D eigenvalue weighted by molar-refractivity contribution is -0.165. The Labute approximate surface area is 195 Å². The normalized spacial score (nSPS) is 21.8. The van der Waals surface area contributed by atoms with E-state index in [9.17, 15) is 14.4 Å². The molecule has 1 heterocycles. The first-order valence-electron chi connectivity index (χ1n) is 12.1. The second kappa shape index (κ2) is 13.2. The number of nitrogens with one attached hydrogen (secondary N) is 2. The van der Waals surface area contributed by atoms with E-state index in [-0.39, 0.29) is 18.9 Å². The van der Waals surface area contributed by atoms with Gasteiger partial charge in [-0.25, -0.2) is 4.79 Å². The molecule has 2 amide bonds. The Balaban J connectivity index is 1.58. The number of rotatable bonds is 11. The fourth-order valence-corrected chi connectivity index (χ4v) is 4.33. The van der Waals surface area contributed by atoms with Crippen LogP contribution in [0.1, 0.15) is 70.3 Å². The minimum Gasteiger partial charge on any atom is -0.445 e. The van der Waals surface area contributed by atoms with Crippen LogP contribution in [0.3, 0.4) is 0 Å². The lowest BCUT2D eigenvalue weighted by atomic mass is 9.84. The van der Waals surface area contributed by atoms with Crippen molar-refractivity contribution in [3.05, 3.63) is 35.9 Å². The first-order valence-corrected chi connectivity index (χ1v) is 12.1. The lowest BCUT2D eigenvalue weighted by Crippen LogP contribution is -2.52. The van der Waals surface area contributed by atoms with Gasteiger partial charge in [0.1, 0.15) is 18.7 Å². The van der Waals surface area contributed by atoms with Gasteiger partial charge in [0.25, 0.3) is 0 Å². The number of ether oxygens (including phenoxy) is 3. The van der Waals surface area contributed by atoms with Crippen molar-refractivity contribution in [2.75, 3.05) is 6.61 Å². The molecule has 0 aromatic heterocycles. The molecule has 0 bridgehead atoms. The summed E-state index contributed by atoms with van der Waals surface area (Å²) in [5, 5.41) is 5.62. The molecule has 182 valence electrons. The lowest BCUT2D eigenvalue weighted by Gasteiger charge is -2.28. The number of hydrogen-bond donors (Lipinski definition) is 2. The van der Waals surface area contributed by atoms with Gasteiger partial charge in [-0.05, 0) is 24.3 Å². The maximum Gasteiger partial charge on any atom is 0.408 e. The van der Waals surface area contributed by atoms with Crippen LogP contribution in [0.2, 0.25) is 0 Å². The summed E-state index contributed by atoms with van der Waals surface area (Å²) in [6.45, 7) is 2.63. The quantitative estimate of drug-likeness (QED) is 0.384. The van der Waals surface area contributed by atoms with Gasteiger partial charge in [-0.3, -0.25) is 9.59 Å². The Bertz CT molecular complexity index is 765. The molecule has 0 radical (unpaired) electrons. The summed E-state index contributed by atoms with van der Waals surface area (Å²) in [7, 11) is 0. The molecule has 3 rings (SSSR count). The highest BCUT2D eigenvalue weighted by Gasteiger charge is 2.38. The molecule has 3 atom stereocenters. The Morgan fingerprint density at radius 3 is 2.64 bits per heavy atom. The monoisotopic (exact) mass is 460 g/mol. The Morgan fingerprint density at radius 2 is 1.91 bits per heavy atom. The average Bonchev–Trinajstić information content (AvgIpc) is 3.17. The summed E-state index contributed by atoms with van der Waals surface area (Å²) in [6, 6.07) is 8.07. The van der Waals surface area contributed by atoms with Gasteiger partial charge >= 0.3 is 12.1 Å². The fraction of sp³-hybridized carbons (Fsp3) is 0.640. The molecule has 0 spiro atoms. The highest BCUT2D eigenvalue weighted by atomic mass is 16.7. The van der Waals surface area contributed by atoms with Crippen molar-refractivity contribution in [2.24, 2.45) is 5.92 Å². The van der Waals surface area contributed by atoms with E-state index in [4.69, 9.17) is 14.2 Å². The minimum absolute atomic E-state index is 0.0527. The summed E-state index contributed by atoms with van der Waals surface area (Å²) < 4.78 is 16.2. The number of alkyl carbamates (subject to hydrolysis) is 1. The number of carbonyl (C=O) groups excluding carboxylic acids is 3. The van der Waals surface area contributed by atoms with Crippen LogP contribution in [0.15, 0.2) is 30.3 Å². The van der Waals surface area contributed by atoms with Crippen LogP contribution in [0.5, 0.6) is 0 Å². The van der Waals surface area contributed by atoms with Gasteiger partial charge in [0.15, 0.2) is 0 Å². The number of unbranched alkanes of at least 4 members (excludes halogenated alkanes) is 1. The zero-order chi connectivity index (χ0) is 23.5. The summed E-state index contributed by atoms with van der Waals surface area (Å²) in [5.74, 6) is -0.382. The number of cyclic esters (lactones) is 1. The van der Waals surface area contributed by atoms with Crippen molar-refractivity contribution in [2.45, 2.75) is 89.7 Å². The van der Waals surface area contributed by atoms with Gasteiger partial charge in [0.05, 0.1) is 13.0 Å². The number of amides is 2. The van der Waals surface area contributed by atoms with E-state index >= 15 is 0 Å². The van der Waals surface area contributed by atoms with E-state index in [0.717, 1.165) is 44.1 Å². The molecule has 1 aromatic rings. The topological polar surface area (TPSA) is 103 Å². The Hall–Kier alpha value is -2.61. The third-order valence-electron chi connectivity index (χ3n) is 6.19. The molecular formula is C25H36N2O6. The third kappa shape index (κ3) is 8.35. The SMILES string of the molecule is CCCCOC1OC(=O)C[C@@H]1NC(=O)[C@H](CC1CCCCC1)NC(=O)OCc1ccccc1. The minimum atomic E-state index is -0.798. The van der Waals surface area contributed by atoms with Crippen molar-refractivity contribution in [3.8, 4) is 0 Å². The molecular weight excluding hydrogens is 424 g/mol. The van der Waals surface area contributed by atoms with Gasteiger partial charge in [0.2, 0.25) is 12.2 Å². The van der Waals surface area contributed by atoms with Gasteiger partial charge in [0, 0.05) is 0 Å². The molecule has 2 N–H and O–H groups in total. The number of esters is 1. The Kier molecular flexibility index (Phi) is 10.00. The van der Waals surface area contributed by atoms with E-state index in [0.29, 0.717) is 18.9 Å². The van der Waals surface area contributed by atoms with Crippen molar-refractivity contribution >= 4 is 18.0 Å². The van der Waals surface area contributed by atoms with Crippen LogP contribution < -0.4 is 10.6 Å². The predicted molar refractivity (Wildman–Crippen MR) is 122 cm³/mol. The van der Waals surface area contributed by atoms with E-state index in [1.54, 1.807) is 0 Å². The molecule has 1 saturated heterocycles. The second-order valence-electron chi connectivity index (χ2n) is 8.90. The maximum absolute atomic E-state index is 13.2. The largest absolute Gasteiger partial charge is 0.445 e. The number of carbonyl (C=O) groups is 3. The van der Waals surface area contributed by atoms with Crippen molar-refractivity contribution in [1.82, 2.24) is 10.6 Å². The maximum atomic E-state index is 13.2. The summed E-state index contributed by atoms with van der Waals surface area (Å²) in [5.41, 5.74) is 0.870. The molecule has 2 aliphatic rings. The molecule has 1 aromatic carbocycles. The molecule has 1 unspecified atom stereocenters. The first kappa shape index (κ1) is 25.0. The second-order valence-corrected chi connectivity index (χ2v) is 8.90. The molecule has 8 heteroatoms. The van der Waals surface area contributed by atoms with Gasteiger partial charge in [-0.15, -0.1) is 0 Å². The average molecular weight is 461 g/mol. The number of hydrogen-bond acceptors (Lipinski definition) is 6. The van der Waals surface area contributed by atoms with Crippen LogP contribution >= 0.6 is 0 Å². The van der Waals surface area contributed by atoms with Gasteiger partial charge in [-0.2, -0.15) is 0 Å². The molecule has 2 fully saturated rings. The summed E-state index contributed by atoms with van der Waals surface area (Å²) >= 11 is 0. The highest BCUT2D eigenvalue weighted by Crippen LogP contribution is 2.28. The zero-order valence-electron chi connectivity index (χ0n) is 19.4. The number of benzene rings is 1. The van der Waals surface area contributed by atoms with Crippen LogP contribution in [-0.4, -0.2) is 43.0 Å². The van der Waals surface area contributed by atoms with Crippen LogP contribution in [0.4, 0.5) is 4.79 Å². The molecule has 33 heavy (non-hydrogen) atoms. The molecule has 1 aliphatic carbocycles. The van der Waals surface area contributed by atoms with Crippen molar-refractivity contribution < 1.29 is 28.6 Å². The highest BCUT2D eigenvalue weighted by molar-refractivity contribution is 5.86. The smallest absolute Gasteiger partial charge is 0.408 e. The first-order chi connectivity index (χ1) is 16.0. The zero-order valence-corrected chi connectivity index (χ0v) is 19.4. The van der Waals surface area contributed by atoms with E-state index in [1.807, 2.05) is 37.3 Å². The molecule has 1 aliphatic heterocycles. The van der Waals surface area contributed by atoms with Crippen LogP contribution in [0.25, 0.3) is 0 Å². The third-order valence-corrected chi connectivity index (χ3v) is 6.19.